The highest BCUT2D eigenvalue weighted by molar-refractivity contribution is 7.99. The standard InChI is InChI=1S/C26H28N4O3S/c1-4-6-9-17-34-26-27-24(32)23-21-10-7-8-11-22(21)29(18(3)31)25(30(23)28-26)19-12-14-20(15-13-19)33-16-5-2/h5,7-8,10-15,25H,2,4,6,9,16-17H2,1,3H3/p+1/t25-/m1/s1. The van der Waals surface area contributed by atoms with Crippen molar-refractivity contribution in [1.82, 2.24) is 10.1 Å². The molecule has 1 aliphatic rings. The van der Waals surface area contributed by atoms with Gasteiger partial charge in [-0.25, -0.2) is 4.90 Å². The van der Waals surface area contributed by atoms with E-state index in [2.05, 4.69) is 18.5 Å². The SMILES string of the molecule is C=CCOc1ccc([C@@H]2N(C(C)=O)c3ccccc3-c3c(=O)[nH]c(SCCCCC)n[n+]32)cc1. The van der Waals surface area contributed by atoms with E-state index in [-0.39, 0.29) is 11.5 Å². The minimum absolute atomic E-state index is 0.137. The number of thioether (sulfide) groups is 1. The maximum Gasteiger partial charge on any atom is 0.325 e. The predicted molar refractivity (Wildman–Crippen MR) is 134 cm³/mol. The number of fused-ring (bicyclic) bond motifs is 3. The highest BCUT2D eigenvalue weighted by Crippen LogP contribution is 2.37. The average Bonchev–Trinajstić information content (AvgIpc) is 2.84. The summed E-state index contributed by atoms with van der Waals surface area (Å²) in [6.07, 6.45) is 4.38. The zero-order chi connectivity index (χ0) is 24.1. The van der Waals surface area contributed by atoms with Gasteiger partial charge in [-0.3, -0.25) is 14.6 Å². The summed E-state index contributed by atoms with van der Waals surface area (Å²) in [5.74, 6) is 1.43. The van der Waals surface area contributed by atoms with Crippen LogP contribution in [0.5, 0.6) is 5.75 Å². The van der Waals surface area contributed by atoms with Gasteiger partial charge in [-0.05, 0) is 47.5 Å². The van der Waals surface area contributed by atoms with E-state index < -0.39 is 6.17 Å². The van der Waals surface area contributed by atoms with Crippen LogP contribution in [0.15, 0.2) is 71.1 Å². The van der Waals surface area contributed by atoms with Crippen LogP contribution in [0, 0.1) is 0 Å². The minimum atomic E-state index is -0.604. The second-order valence-corrected chi connectivity index (χ2v) is 9.14. The molecule has 1 atom stereocenters. The Morgan fingerprint density at radius 1 is 1.24 bits per heavy atom. The number of nitrogens with zero attached hydrogens (tertiary/aromatic N) is 3. The maximum absolute atomic E-state index is 13.3. The van der Waals surface area contributed by atoms with Crippen LogP contribution in [0.3, 0.4) is 0 Å². The molecule has 2 heterocycles. The molecule has 8 heteroatoms. The van der Waals surface area contributed by atoms with Gasteiger partial charge in [0.15, 0.2) is 0 Å². The summed E-state index contributed by atoms with van der Waals surface area (Å²) in [7, 11) is 0. The fourth-order valence-electron chi connectivity index (χ4n) is 4.09. The summed E-state index contributed by atoms with van der Waals surface area (Å²) in [6.45, 7) is 7.77. The molecule has 0 saturated carbocycles. The zero-order valence-corrected chi connectivity index (χ0v) is 20.3. The fourth-order valence-corrected chi connectivity index (χ4v) is 4.94. The van der Waals surface area contributed by atoms with Crippen molar-refractivity contribution in [1.29, 1.82) is 0 Å². The van der Waals surface area contributed by atoms with Gasteiger partial charge in [-0.2, -0.15) is 0 Å². The van der Waals surface area contributed by atoms with Gasteiger partial charge in [0, 0.05) is 23.3 Å². The third-order valence-electron chi connectivity index (χ3n) is 5.63. The molecule has 0 saturated heterocycles. The first-order valence-corrected chi connectivity index (χ1v) is 12.5. The van der Waals surface area contributed by atoms with E-state index in [1.807, 2.05) is 48.5 Å². The number of hydrogen-bond donors (Lipinski definition) is 1. The molecule has 1 N–H and O–H groups in total. The molecule has 34 heavy (non-hydrogen) atoms. The molecule has 0 radical (unpaired) electrons. The van der Waals surface area contributed by atoms with E-state index in [1.54, 1.807) is 15.7 Å². The molecule has 176 valence electrons. The Morgan fingerprint density at radius 2 is 2.00 bits per heavy atom. The van der Waals surface area contributed by atoms with Gasteiger partial charge in [0.2, 0.25) is 11.1 Å². The summed E-state index contributed by atoms with van der Waals surface area (Å²) in [5, 5.41) is 5.36. The van der Waals surface area contributed by atoms with Crippen molar-refractivity contribution in [3.8, 4) is 17.0 Å². The quantitative estimate of drug-likeness (QED) is 0.213. The number of carbonyl (C=O) groups excluding carboxylic acids is 1. The Kier molecular flexibility index (Phi) is 7.47. The average molecular weight is 478 g/mol. The Hall–Kier alpha value is -3.39. The predicted octanol–water partition coefficient (Wildman–Crippen LogP) is 4.48. The highest BCUT2D eigenvalue weighted by atomic mass is 32.2. The number of aromatic nitrogens is 3. The van der Waals surface area contributed by atoms with Crippen LogP contribution in [-0.4, -0.2) is 28.3 Å². The smallest absolute Gasteiger partial charge is 0.325 e. The van der Waals surface area contributed by atoms with Crippen molar-refractivity contribution in [2.45, 2.75) is 44.4 Å². The summed E-state index contributed by atoms with van der Waals surface area (Å²) in [5.41, 5.74) is 2.39. The summed E-state index contributed by atoms with van der Waals surface area (Å²) < 4.78 is 7.31. The first-order valence-electron chi connectivity index (χ1n) is 11.5. The largest absolute Gasteiger partial charge is 0.490 e. The summed E-state index contributed by atoms with van der Waals surface area (Å²) >= 11 is 1.53. The number of rotatable bonds is 9. The molecule has 1 aliphatic heterocycles. The molecule has 3 aromatic rings. The van der Waals surface area contributed by atoms with Gasteiger partial charge in [-0.1, -0.05) is 56.3 Å². The van der Waals surface area contributed by atoms with E-state index in [0.29, 0.717) is 34.5 Å². The number of amides is 1. The molecule has 4 rings (SSSR count). The van der Waals surface area contributed by atoms with Crippen LogP contribution in [0.2, 0.25) is 0 Å². The van der Waals surface area contributed by atoms with Crippen LogP contribution < -0.4 is 19.9 Å². The first-order chi connectivity index (χ1) is 16.5. The van der Waals surface area contributed by atoms with E-state index in [0.717, 1.165) is 30.6 Å². The number of H-pyrrole nitrogens is 1. The highest BCUT2D eigenvalue weighted by Gasteiger charge is 2.44. The zero-order valence-electron chi connectivity index (χ0n) is 19.5. The second-order valence-electron chi connectivity index (χ2n) is 8.06. The number of unbranched alkanes of at least 4 members (excludes halogenated alkanes) is 2. The Balaban J connectivity index is 1.84. The van der Waals surface area contributed by atoms with Crippen molar-refractivity contribution >= 4 is 23.4 Å². The third-order valence-corrected chi connectivity index (χ3v) is 6.58. The number of nitrogens with one attached hydrogen (secondary N) is 1. The molecule has 0 bridgehead atoms. The molecular weight excluding hydrogens is 448 g/mol. The topological polar surface area (TPSA) is 79.2 Å². The first kappa shape index (κ1) is 23.8. The molecule has 1 amide bonds. The molecule has 0 aliphatic carbocycles. The van der Waals surface area contributed by atoms with Gasteiger partial charge < -0.3 is 4.74 Å². The number of carbonyl (C=O) groups is 1. The van der Waals surface area contributed by atoms with Crippen LogP contribution in [0.1, 0.15) is 44.8 Å². The second kappa shape index (κ2) is 10.7. The summed E-state index contributed by atoms with van der Waals surface area (Å²) in [4.78, 5) is 30.9. The van der Waals surface area contributed by atoms with Crippen LogP contribution in [0.25, 0.3) is 11.3 Å². The molecule has 7 nitrogen and oxygen atoms in total. The van der Waals surface area contributed by atoms with Crippen LogP contribution in [-0.2, 0) is 4.79 Å². The fraction of sp³-hybridized carbons (Fsp3) is 0.308. The van der Waals surface area contributed by atoms with Crippen molar-refractivity contribution in [2.24, 2.45) is 0 Å². The lowest BCUT2D eigenvalue weighted by molar-refractivity contribution is -0.763. The Labute approximate surface area is 203 Å². The van der Waals surface area contributed by atoms with Crippen LogP contribution >= 0.6 is 11.8 Å². The molecule has 2 aromatic carbocycles. The van der Waals surface area contributed by atoms with E-state index in [4.69, 9.17) is 9.84 Å². The third kappa shape index (κ3) is 4.77. The number of benzene rings is 2. The Bertz CT molecular complexity index is 1240. The maximum atomic E-state index is 13.3. The number of para-hydroxylation sites is 1. The van der Waals surface area contributed by atoms with Crippen molar-refractivity contribution in [3.63, 3.8) is 0 Å². The monoisotopic (exact) mass is 477 g/mol. The van der Waals surface area contributed by atoms with Crippen molar-refractivity contribution in [3.05, 3.63) is 77.1 Å². The van der Waals surface area contributed by atoms with Gasteiger partial charge in [0.25, 0.3) is 6.17 Å². The minimum Gasteiger partial charge on any atom is -0.490 e. The summed E-state index contributed by atoms with van der Waals surface area (Å²) in [6, 6.07) is 15.0. The number of hydrogen-bond acceptors (Lipinski definition) is 5. The number of aromatic amines is 1. The lowest BCUT2D eigenvalue weighted by Gasteiger charge is -2.31. The van der Waals surface area contributed by atoms with Crippen molar-refractivity contribution in [2.75, 3.05) is 17.3 Å². The number of anilines is 1. The molecule has 0 unspecified atom stereocenters. The van der Waals surface area contributed by atoms with E-state index >= 15 is 0 Å². The number of ether oxygens (including phenoxy) is 1. The Morgan fingerprint density at radius 3 is 2.71 bits per heavy atom. The molecular formula is C26H29N4O3S+. The lowest BCUT2D eigenvalue weighted by Crippen LogP contribution is -2.60. The normalized spacial score (nSPS) is 14.3. The van der Waals surface area contributed by atoms with Gasteiger partial charge in [0.05, 0.1) is 11.3 Å². The molecule has 0 spiro atoms. The van der Waals surface area contributed by atoms with Crippen molar-refractivity contribution < 1.29 is 14.2 Å². The molecule has 1 aromatic heterocycles. The van der Waals surface area contributed by atoms with Gasteiger partial charge in [-0.15, -0.1) is 0 Å². The lowest BCUT2D eigenvalue weighted by atomic mass is 10.0. The van der Waals surface area contributed by atoms with Crippen LogP contribution in [0.4, 0.5) is 5.69 Å². The van der Waals surface area contributed by atoms with E-state index in [9.17, 15) is 9.59 Å². The van der Waals surface area contributed by atoms with Gasteiger partial charge in [0.1, 0.15) is 12.4 Å². The van der Waals surface area contributed by atoms with Gasteiger partial charge >= 0.3 is 11.3 Å². The van der Waals surface area contributed by atoms with E-state index in [1.165, 1.54) is 18.7 Å². The molecule has 0 fully saturated rings.